The summed E-state index contributed by atoms with van der Waals surface area (Å²) in [5, 5.41) is 11.6. The molecular weight excluding hydrogens is 306 g/mol. The lowest BCUT2D eigenvalue weighted by atomic mass is 10.0. The van der Waals surface area contributed by atoms with Crippen LogP contribution in [0.5, 0.6) is 0 Å². The van der Waals surface area contributed by atoms with Gasteiger partial charge in [-0.1, -0.05) is 6.07 Å². The molecule has 7 heteroatoms. The van der Waals surface area contributed by atoms with Gasteiger partial charge in [0.05, 0.1) is 17.6 Å². The zero-order valence-electron chi connectivity index (χ0n) is 13.0. The zero-order valence-corrected chi connectivity index (χ0v) is 13.0. The Morgan fingerprint density at radius 1 is 1.38 bits per heavy atom. The number of carbonyl (C=O) groups is 2. The second-order valence-electron chi connectivity index (χ2n) is 5.56. The minimum Gasteiger partial charge on any atom is -0.345 e. The molecule has 2 aromatic heterocycles. The van der Waals surface area contributed by atoms with E-state index in [0.29, 0.717) is 5.56 Å². The first-order valence-corrected chi connectivity index (χ1v) is 7.42. The third kappa shape index (κ3) is 2.94. The SMILES string of the molecule is CN1C(=O)C[C@@H](NC(=O)c2ccc(C#N)cn2)[C@@H]1c1cccnc1. The van der Waals surface area contributed by atoms with E-state index in [0.717, 1.165) is 5.56 Å². The number of amides is 2. The van der Waals surface area contributed by atoms with Gasteiger partial charge in [-0.15, -0.1) is 0 Å². The molecule has 120 valence electrons. The van der Waals surface area contributed by atoms with Crippen LogP contribution in [0.3, 0.4) is 0 Å². The average molecular weight is 321 g/mol. The molecule has 7 nitrogen and oxygen atoms in total. The van der Waals surface area contributed by atoms with Crippen LogP contribution in [-0.4, -0.2) is 39.8 Å². The van der Waals surface area contributed by atoms with E-state index in [-0.39, 0.29) is 36.0 Å². The summed E-state index contributed by atoms with van der Waals surface area (Å²) < 4.78 is 0. The largest absolute Gasteiger partial charge is 0.345 e. The Balaban J connectivity index is 1.80. The summed E-state index contributed by atoms with van der Waals surface area (Å²) in [6, 6.07) is 8.03. The fraction of sp³-hybridized carbons (Fsp3) is 0.235. The molecule has 0 bridgehead atoms. The van der Waals surface area contributed by atoms with Crippen LogP contribution in [0.25, 0.3) is 0 Å². The highest BCUT2D eigenvalue weighted by molar-refractivity contribution is 5.93. The van der Waals surface area contributed by atoms with Crippen molar-refractivity contribution in [3.63, 3.8) is 0 Å². The molecular formula is C17H15N5O2. The van der Waals surface area contributed by atoms with Gasteiger partial charge < -0.3 is 10.2 Å². The topological polar surface area (TPSA) is 99.0 Å². The van der Waals surface area contributed by atoms with Gasteiger partial charge in [0.15, 0.2) is 0 Å². The van der Waals surface area contributed by atoms with Gasteiger partial charge in [0.25, 0.3) is 5.91 Å². The van der Waals surface area contributed by atoms with Crippen molar-refractivity contribution in [2.45, 2.75) is 18.5 Å². The van der Waals surface area contributed by atoms with Gasteiger partial charge in [0.1, 0.15) is 11.8 Å². The Bertz CT molecular complexity index is 798. The minimum atomic E-state index is -0.374. The van der Waals surface area contributed by atoms with Gasteiger partial charge in [-0.2, -0.15) is 5.26 Å². The predicted octanol–water partition coefficient (Wildman–Crippen LogP) is 1.05. The Labute approximate surface area is 139 Å². The van der Waals surface area contributed by atoms with Gasteiger partial charge >= 0.3 is 0 Å². The number of carbonyl (C=O) groups excluding carboxylic acids is 2. The summed E-state index contributed by atoms with van der Waals surface area (Å²) in [7, 11) is 1.71. The van der Waals surface area contributed by atoms with Gasteiger partial charge in [0.2, 0.25) is 5.91 Å². The maximum absolute atomic E-state index is 12.4. The van der Waals surface area contributed by atoms with E-state index in [1.807, 2.05) is 12.1 Å². The molecule has 1 N–H and O–H groups in total. The summed E-state index contributed by atoms with van der Waals surface area (Å²) in [4.78, 5) is 34.1. The quantitative estimate of drug-likeness (QED) is 0.911. The molecule has 0 aromatic carbocycles. The van der Waals surface area contributed by atoms with Crippen molar-refractivity contribution in [2.75, 3.05) is 7.05 Å². The first-order valence-electron chi connectivity index (χ1n) is 7.42. The second-order valence-corrected chi connectivity index (χ2v) is 5.56. The van der Waals surface area contributed by atoms with Crippen molar-refractivity contribution < 1.29 is 9.59 Å². The van der Waals surface area contributed by atoms with E-state index in [1.165, 1.54) is 18.3 Å². The van der Waals surface area contributed by atoms with Crippen LogP contribution in [0.1, 0.15) is 34.1 Å². The van der Waals surface area contributed by atoms with Crippen LogP contribution in [0.4, 0.5) is 0 Å². The summed E-state index contributed by atoms with van der Waals surface area (Å²) in [5.74, 6) is -0.413. The van der Waals surface area contributed by atoms with Gasteiger partial charge in [-0.3, -0.25) is 14.6 Å². The molecule has 0 spiro atoms. The monoisotopic (exact) mass is 321 g/mol. The van der Waals surface area contributed by atoms with Crippen LogP contribution < -0.4 is 5.32 Å². The van der Waals surface area contributed by atoms with E-state index in [4.69, 9.17) is 5.26 Å². The molecule has 2 atom stereocenters. The number of hydrogen-bond donors (Lipinski definition) is 1. The zero-order chi connectivity index (χ0) is 17.1. The molecule has 1 aliphatic rings. The minimum absolute atomic E-state index is 0.0399. The van der Waals surface area contributed by atoms with Gasteiger partial charge in [-0.05, 0) is 23.8 Å². The third-order valence-electron chi connectivity index (χ3n) is 4.05. The second kappa shape index (κ2) is 6.46. The Hall–Kier alpha value is -3.27. The van der Waals surface area contributed by atoms with Crippen LogP contribution in [0, 0.1) is 11.3 Å². The molecule has 0 aliphatic carbocycles. The number of nitrogens with zero attached hydrogens (tertiary/aromatic N) is 4. The van der Waals surface area contributed by atoms with Crippen molar-refractivity contribution in [2.24, 2.45) is 0 Å². The molecule has 1 saturated heterocycles. The molecule has 3 heterocycles. The van der Waals surface area contributed by atoms with Crippen LogP contribution >= 0.6 is 0 Å². The summed E-state index contributed by atoms with van der Waals surface area (Å²) in [6.07, 6.45) is 4.92. The van der Waals surface area contributed by atoms with Gasteiger partial charge in [0, 0.05) is 32.1 Å². The normalized spacial score (nSPS) is 19.8. The molecule has 2 amide bonds. The molecule has 0 saturated carbocycles. The van der Waals surface area contributed by atoms with Crippen molar-refractivity contribution in [1.82, 2.24) is 20.2 Å². The summed E-state index contributed by atoms with van der Waals surface area (Å²) >= 11 is 0. The molecule has 2 aromatic rings. The molecule has 0 unspecified atom stereocenters. The van der Waals surface area contributed by atoms with E-state index in [1.54, 1.807) is 30.4 Å². The summed E-state index contributed by atoms with van der Waals surface area (Å²) in [6.45, 7) is 0. The average Bonchev–Trinajstić information content (AvgIpc) is 2.89. The Morgan fingerprint density at radius 3 is 2.83 bits per heavy atom. The standard InChI is InChI=1S/C17H15N5O2/c1-22-15(23)7-14(16(22)12-3-2-6-19-10-12)21-17(24)13-5-4-11(8-18)9-20-13/h2-6,9-10,14,16H,7H2,1H3,(H,21,24)/t14-,16+/m1/s1. The lowest BCUT2D eigenvalue weighted by Crippen LogP contribution is -2.39. The molecule has 3 rings (SSSR count). The van der Waals surface area contributed by atoms with Crippen molar-refractivity contribution in [3.8, 4) is 6.07 Å². The van der Waals surface area contributed by atoms with Crippen molar-refractivity contribution in [3.05, 3.63) is 59.7 Å². The highest BCUT2D eigenvalue weighted by Gasteiger charge is 2.39. The number of nitrogens with one attached hydrogen (secondary N) is 1. The van der Waals surface area contributed by atoms with E-state index in [9.17, 15) is 9.59 Å². The Kier molecular flexibility index (Phi) is 4.20. The van der Waals surface area contributed by atoms with E-state index in [2.05, 4.69) is 15.3 Å². The molecule has 1 fully saturated rings. The number of aromatic nitrogens is 2. The lowest BCUT2D eigenvalue weighted by molar-refractivity contribution is -0.127. The third-order valence-corrected chi connectivity index (χ3v) is 4.05. The van der Waals surface area contributed by atoms with Crippen LogP contribution in [-0.2, 0) is 4.79 Å². The number of nitriles is 1. The number of rotatable bonds is 3. The maximum Gasteiger partial charge on any atom is 0.270 e. The van der Waals surface area contributed by atoms with Crippen LogP contribution in [0.2, 0.25) is 0 Å². The van der Waals surface area contributed by atoms with E-state index >= 15 is 0 Å². The molecule has 1 aliphatic heterocycles. The van der Waals surface area contributed by atoms with Crippen molar-refractivity contribution >= 4 is 11.8 Å². The summed E-state index contributed by atoms with van der Waals surface area (Å²) in [5.41, 5.74) is 1.46. The van der Waals surface area contributed by atoms with Crippen molar-refractivity contribution in [1.29, 1.82) is 5.26 Å². The number of hydrogen-bond acceptors (Lipinski definition) is 5. The fourth-order valence-corrected chi connectivity index (χ4v) is 2.84. The van der Waals surface area contributed by atoms with Gasteiger partial charge in [-0.25, -0.2) is 4.98 Å². The van der Waals surface area contributed by atoms with E-state index < -0.39 is 0 Å². The number of likely N-dealkylation sites (N-methyl/N-ethyl adjacent to an activating group) is 1. The predicted molar refractivity (Wildman–Crippen MR) is 84.6 cm³/mol. The molecule has 24 heavy (non-hydrogen) atoms. The lowest BCUT2D eigenvalue weighted by Gasteiger charge is -2.25. The number of likely N-dealkylation sites (tertiary alicyclic amines) is 1. The molecule has 0 radical (unpaired) electrons. The maximum atomic E-state index is 12.4. The highest BCUT2D eigenvalue weighted by atomic mass is 16.2. The number of pyridine rings is 2. The smallest absolute Gasteiger partial charge is 0.270 e. The van der Waals surface area contributed by atoms with Crippen LogP contribution in [0.15, 0.2) is 42.9 Å². The highest BCUT2D eigenvalue weighted by Crippen LogP contribution is 2.31. The first-order chi connectivity index (χ1) is 11.6. The fourth-order valence-electron chi connectivity index (χ4n) is 2.84. The first kappa shape index (κ1) is 15.6. The Morgan fingerprint density at radius 2 is 2.21 bits per heavy atom.